The van der Waals surface area contributed by atoms with Crippen molar-refractivity contribution in [1.29, 1.82) is 0 Å². The summed E-state index contributed by atoms with van der Waals surface area (Å²) in [6.07, 6.45) is -1.10. The van der Waals surface area contributed by atoms with Gasteiger partial charge in [-0.05, 0) is 18.1 Å². The molecule has 0 atom stereocenters. The van der Waals surface area contributed by atoms with E-state index >= 15 is 0 Å². The van der Waals surface area contributed by atoms with Gasteiger partial charge in [0, 0.05) is 18.5 Å². The van der Waals surface area contributed by atoms with Crippen LogP contribution in [0.1, 0.15) is 17.7 Å². The molecule has 11 heteroatoms. The van der Waals surface area contributed by atoms with Crippen molar-refractivity contribution < 1.29 is 22.4 Å². The highest BCUT2D eigenvalue weighted by molar-refractivity contribution is 5.92. The average Bonchev–Trinajstić information content (AvgIpc) is 2.89. The van der Waals surface area contributed by atoms with Crippen LogP contribution in [0.5, 0.6) is 0 Å². The monoisotopic (exact) mass is 360 g/mol. The number of pyridine rings is 1. The Morgan fingerprint density at radius 1 is 1.32 bits per heavy atom. The van der Waals surface area contributed by atoms with Crippen molar-refractivity contribution in [1.82, 2.24) is 4.98 Å². The quantitative estimate of drug-likeness (QED) is 0.319. The van der Waals surface area contributed by atoms with Gasteiger partial charge in [-0.2, -0.15) is 18.2 Å². The third-order valence-corrected chi connectivity index (χ3v) is 2.86. The van der Waals surface area contributed by atoms with Gasteiger partial charge in [0.05, 0.1) is 11.9 Å². The van der Waals surface area contributed by atoms with Crippen molar-refractivity contribution in [3.05, 3.63) is 35.4 Å². The number of halogens is 4. The number of carbonyl (C=O) groups excluding carboxylic acids is 1. The minimum atomic E-state index is -4.64. The van der Waals surface area contributed by atoms with E-state index in [1.165, 1.54) is 12.3 Å². The number of alkyl halides is 3. The Hall–Kier alpha value is -2.98. The summed E-state index contributed by atoms with van der Waals surface area (Å²) >= 11 is 0. The molecule has 6 N–H and O–H groups in total. The molecule has 0 saturated heterocycles. The Bertz CT molecular complexity index is 708. The van der Waals surface area contributed by atoms with Gasteiger partial charge < -0.3 is 17.2 Å². The molecule has 1 aliphatic carbocycles. The second-order valence-corrected chi connectivity index (χ2v) is 4.77. The number of guanidine groups is 2. The number of allylic oxidation sites excluding steroid dienone is 1. The first-order valence-electron chi connectivity index (χ1n) is 6.89. The lowest BCUT2D eigenvalue weighted by Gasteiger charge is -2.03. The number of hydrogen-bond acceptors (Lipinski definition) is 3. The number of aliphatic imine (C=N–C) groups is 2. The SMILES string of the molecule is NC(N)=NC(N)=NCCC1=CCc2ncc(F)cc21.O=CC(F)(F)F. The molecule has 0 fully saturated rings. The van der Waals surface area contributed by atoms with Crippen molar-refractivity contribution in [2.24, 2.45) is 27.2 Å². The van der Waals surface area contributed by atoms with E-state index in [0.29, 0.717) is 13.0 Å². The number of aldehydes is 1. The maximum atomic E-state index is 13.1. The van der Waals surface area contributed by atoms with Crippen LogP contribution in [0.4, 0.5) is 17.6 Å². The minimum absolute atomic E-state index is 0.0381. The maximum absolute atomic E-state index is 13.1. The third kappa shape index (κ3) is 7.42. The molecule has 0 spiro atoms. The molecule has 1 aromatic heterocycles. The van der Waals surface area contributed by atoms with E-state index in [2.05, 4.69) is 15.0 Å². The molecule has 0 aromatic carbocycles. The minimum Gasteiger partial charge on any atom is -0.370 e. The van der Waals surface area contributed by atoms with E-state index in [1.807, 2.05) is 6.08 Å². The van der Waals surface area contributed by atoms with E-state index in [1.54, 1.807) is 0 Å². The summed E-state index contributed by atoms with van der Waals surface area (Å²) in [5, 5.41) is 0. The standard InChI is InChI=1S/C12H15FN6.C2HF3O/c13-8-5-9-7(1-2-10(9)18-6-8)3-4-17-12(16)19-11(14)15;3-2(4,5)1-6/h1,5-6H,2-4H2,(H6,14,15,16,17,19);1H. The fraction of sp³-hybridized carbons (Fsp3) is 0.286. The summed E-state index contributed by atoms with van der Waals surface area (Å²) in [5.74, 6) is -0.427. The molecule has 1 aliphatic rings. The molecule has 2 rings (SSSR count). The highest BCUT2D eigenvalue weighted by Gasteiger charge is 2.24. The molecule has 1 aromatic rings. The molecule has 7 nitrogen and oxygen atoms in total. The van der Waals surface area contributed by atoms with Crippen molar-refractivity contribution in [2.45, 2.75) is 19.0 Å². The maximum Gasteiger partial charge on any atom is 0.446 e. The lowest BCUT2D eigenvalue weighted by molar-refractivity contribution is -0.156. The summed E-state index contributed by atoms with van der Waals surface area (Å²) in [4.78, 5) is 20.4. The van der Waals surface area contributed by atoms with Crippen LogP contribution < -0.4 is 17.2 Å². The van der Waals surface area contributed by atoms with Crippen molar-refractivity contribution in [3.8, 4) is 0 Å². The van der Waals surface area contributed by atoms with Gasteiger partial charge in [0.25, 0.3) is 0 Å². The van der Waals surface area contributed by atoms with Gasteiger partial charge in [-0.3, -0.25) is 14.8 Å². The van der Waals surface area contributed by atoms with E-state index in [-0.39, 0.29) is 17.7 Å². The van der Waals surface area contributed by atoms with Gasteiger partial charge in [-0.15, -0.1) is 0 Å². The Balaban J connectivity index is 0.000000450. The average molecular weight is 360 g/mol. The van der Waals surface area contributed by atoms with Crippen LogP contribution in [0, 0.1) is 5.82 Å². The van der Waals surface area contributed by atoms with Crippen molar-refractivity contribution >= 4 is 23.8 Å². The number of aromatic nitrogens is 1. The fourth-order valence-electron chi connectivity index (χ4n) is 1.93. The Labute approximate surface area is 140 Å². The summed E-state index contributed by atoms with van der Waals surface area (Å²) in [7, 11) is 0. The van der Waals surface area contributed by atoms with Crippen LogP contribution in [-0.2, 0) is 11.2 Å². The summed E-state index contributed by atoms with van der Waals surface area (Å²) in [5.41, 5.74) is 18.6. The number of carbonyl (C=O) groups is 1. The van der Waals surface area contributed by atoms with Crippen molar-refractivity contribution in [3.63, 3.8) is 0 Å². The van der Waals surface area contributed by atoms with Crippen LogP contribution in [0.2, 0.25) is 0 Å². The largest absolute Gasteiger partial charge is 0.446 e. The number of nitrogens with two attached hydrogens (primary N) is 3. The summed E-state index contributed by atoms with van der Waals surface area (Å²) in [6.45, 7) is 0.435. The van der Waals surface area contributed by atoms with Gasteiger partial charge in [0.2, 0.25) is 12.2 Å². The molecular weight excluding hydrogens is 344 g/mol. The zero-order chi connectivity index (χ0) is 19.0. The lowest BCUT2D eigenvalue weighted by atomic mass is 10.1. The van der Waals surface area contributed by atoms with Crippen LogP contribution >= 0.6 is 0 Å². The van der Waals surface area contributed by atoms with Gasteiger partial charge >= 0.3 is 6.18 Å². The lowest BCUT2D eigenvalue weighted by Crippen LogP contribution is -2.26. The van der Waals surface area contributed by atoms with Crippen LogP contribution in [0.15, 0.2) is 28.3 Å². The third-order valence-electron chi connectivity index (χ3n) is 2.86. The molecule has 1 heterocycles. The van der Waals surface area contributed by atoms with E-state index in [9.17, 15) is 17.6 Å². The predicted octanol–water partition coefficient (Wildman–Crippen LogP) is 0.886. The molecule has 0 saturated carbocycles. The number of hydrogen-bond donors (Lipinski definition) is 3. The molecule has 25 heavy (non-hydrogen) atoms. The summed E-state index contributed by atoms with van der Waals surface area (Å²) < 4.78 is 44.4. The molecule has 0 bridgehead atoms. The second kappa shape index (κ2) is 8.76. The fourth-order valence-corrected chi connectivity index (χ4v) is 1.93. The summed E-state index contributed by atoms with van der Waals surface area (Å²) in [6, 6.07) is 1.49. The topological polar surface area (TPSA) is 133 Å². The first kappa shape index (κ1) is 20.1. The highest BCUT2D eigenvalue weighted by Crippen LogP contribution is 2.28. The van der Waals surface area contributed by atoms with Crippen LogP contribution in [0.3, 0.4) is 0 Å². The van der Waals surface area contributed by atoms with Crippen molar-refractivity contribution in [2.75, 3.05) is 6.54 Å². The van der Waals surface area contributed by atoms with E-state index < -0.39 is 12.5 Å². The number of rotatable bonds is 3. The number of fused-ring (bicyclic) bond motifs is 1. The normalized spacial score (nSPS) is 13.3. The first-order valence-corrected chi connectivity index (χ1v) is 6.89. The highest BCUT2D eigenvalue weighted by atomic mass is 19.4. The molecule has 0 amide bonds. The molecular formula is C14H16F4N6O. The van der Waals surface area contributed by atoms with E-state index in [0.717, 1.165) is 23.3 Å². The van der Waals surface area contributed by atoms with Crippen LogP contribution in [-0.4, -0.2) is 35.9 Å². The second-order valence-electron chi connectivity index (χ2n) is 4.77. The Kier molecular flexibility index (Phi) is 7.03. The Morgan fingerprint density at radius 3 is 2.52 bits per heavy atom. The Morgan fingerprint density at radius 2 is 1.96 bits per heavy atom. The van der Waals surface area contributed by atoms with Gasteiger partial charge in [-0.1, -0.05) is 6.08 Å². The zero-order valence-electron chi connectivity index (χ0n) is 12.9. The van der Waals surface area contributed by atoms with Crippen LogP contribution in [0.25, 0.3) is 5.57 Å². The van der Waals surface area contributed by atoms with Gasteiger partial charge in [0.1, 0.15) is 5.82 Å². The first-order chi connectivity index (χ1) is 11.6. The molecule has 0 unspecified atom stereocenters. The van der Waals surface area contributed by atoms with Gasteiger partial charge in [-0.25, -0.2) is 4.39 Å². The molecule has 136 valence electrons. The van der Waals surface area contributed by atoms with Gasteiger partial charge in [0.15, 0.2) is 5.96 Å². The zero-order valence-corrected chi connectivity index (χ0v) is 12.9. The predicted molar refractivity (Wildman–Crippen MR) is 84.9 cm³/mol. The molecule has 0 radical (unpaired) electrons. The molecule has 0 aliphatic heterocycles. The number of nitrogens with zero attached hydrogens (tertiary/aromatic N) is 3. The van der Waals surface area contributed by atoms with E-state index in [4.69, 9.17) is 22.0 Å². The smallest absolute Gasteiger partial charge is 0.370 e.